The van der Waals surface area contributed by atoms with E-state index >= 15 is 0 Å². The zero-order valence-electron chi connectivity index (χ0n) is 12.4. The van der Waals surface area contributed by atoms with E-state index in [1.54, 1.807) is 6.20 Å². The van der Waals surface area contributed by atoms with E-state index in [0.29, 0.717) is 5.92 Å². The summed E-state index contributed by atoms with van der Waals surface area (Å²) in [6, 6.07) is 7.75. The highest BCUT2D eigenvalue weighted by molar-refractivity contribution is 5.52. The smallest absolute Gasteiger partial charge is 0.151 e. The van der Waals surface area contributed by atoms with Gasteiger partial charge in [-0.15, -0.1) is 0 Å². The van der Waals surface area contributed by atoms with E-state index in [9.17, 15) is 0 Å². The van der Waals surface area contributed by atoms with Gasteiger partial charge in [0, 0.05) is 25.4 Å². The van der Waals surface area contributed by atoms with Gasteiger partial charge in [0.1, 0.15) is 5.69 Å². The van der Waals surface area contributed by atoms with Gasteiger partial charge in [-0.2, -0.15) is 0 Å². The lowest BCUT2D eigenvalue weighted by Gasteiger charge is -2.26. The van der Waals surface area contributed by atoms with Crippen molar-refractivity contribution >= 4 is 0 Å². The van der Waals surface area contributed by atoms with Gasteiger partial charge in [0.05, 0.1) is 18.8 Å². The van der Waals surface area contributed by atoms with Crippen molar-refractivity contribution < 1.29 is 9.26 Å². The summed E-state index contributed by atoms with van der Waals surface area (Å²) in [4.78, 5) is 6.55. The average molecular weight is 287 g/mol. The SMILES string of the molecule is CN(Cc1cc(-c2ccccn2)no1)CC1CCCOC1. The van der Waals surface area contributed by atoms with Crippen molar-refractivity contribution in [3.05, 3.63) is 36.2 Å². The van der Waals surface area contributed by atoms with Gasteiger partial charge in [-0.3, -0.25) is 9.88 Å². The molecule has 0 saturated carbocycles. The van der Waals surface area contributed by atoms with Crippen LogP contribution in [0.1, 0.15) is 18.6 Å². The summed E-state index contributed by atoms with van der Waals surface area (Å²) in [7, 11) is 2.11. The Morgan fingerprint density at radius 1 is 1.33 bits per heavy atom. The molecule has 0 aliphatic carbocycles. The van der Waals surface area contributed by atoms with Crippen molar-refractivity contribution in [3.63, 3.8) is 0 Å². The molecule has 5 nitrogen and oxygen atoms in total. The van der Waals surface area contributed by atoms with Gasteiger partial charge < -0.3 is 9.26 Å². The second-order valence-electron chi connectivity index (χ2n) is 5.67. The summed E-state index contributed by atoms with van der Waals surface area (Å²) >= 11 is 0. The molecule has 0 spiro atoms. The van der Waals surface area contributed by atoms with Gasteiger partial charge in [-0.05, 0) is 37.9 Å². The fraction of sp³-hybridized carbons (Fsp3) is 0.500. The van der Waals surface area contributed by atoms with Crippen LogP contribution in [0.5, 0.6) is 0 Å². The number of aromatic nitrogens is 2. The molecule has 1 aliphatic rings. The predicted octanol–water partition coefficient (Wildman–Crippen LogP) is 2.60. The Labute approximate surface area is 124 Å². The highest BCUT2D eigenvalue weighted by atomic mass is 16.5. The van der Waals surface area contributed by atoms with Crippen LogP contribution < -0.4 is 0 Å². The highest BCUT2D eigenvalue weighted by Gasteiger charge is 2.17. The number of ether oxygens (including phenoxy) is 1. The molecule has 1 unspecified atom stereocenters. The lowest BCUT2D eigenvalue weighted by atomic mass is 10.0. The Hall–Kier alpha value is -1.72. The van der Waals surface area contributed by atoms with E-state index < -0.39 is 0 Å². The van der Waals surface area contributed by atoms with Crippen LogP contribution in [-0.4, -0.2) is 41.8 Å². The molecule has 3 heterocycles. The number of nitrogens with zero attached hydrogens (tertiary/aromatic N) is 3. The summed E-state index contributed by atoms with van der Waals surface area (Å²) in [5, 5.41) is 4.10. The lowest BCUT2D eigenvalue weighted by Crippen LogP contribution is -2.30. The van der Waals surface area contributed by atoms with E-state index in [1.165, 1.54) is 12.8 Å². The maximum Gasteiger partial charge on any atom is 0.151 e. The van der Waals surface area contributed by atoms with Crippen molar-refractivity contribution in [3.8, 4) is 11.4 Å². The number of rotatable bonds is 5. The first-order valence-corrected chi connectivity index (χ1v) is 7.44. The Bertz CT molecular complexity index is 550. The number of hydrogen-bond acceptors (Lipinski definition) is 5. The molecule has 0 aromatic carbocycles. The Morgan fingerprint density at radius 3 is 3.05 bits per heavy atom. The highest BCUT2D eigenvalue weighted by Crippen LogP contribution is 2.19. The maximum absolute atomic E-state index is 5.52. The molecule has 0 amide bonds. The van der Waals surface area contributed by atoms with Crippen LogP contribution in [0.3, 0.4) is 0 Å². The first-order valence-electron chi connectivity index (χ1n) is 7.44. The molecule has 1 aliphatic heterocycles. The van der Waals surface area contributed by atoms with Gasteiger partial charge >= 0.3 is 0 Å². The summed E-state index contributed by atoms with van der Waals surface area (Å²) < 4.78 is 10.9. The molecule has 112 valence electrons. The third kappa shape index (κ3) is 3.89. The van der Waals surface area contributed by atoms with E-state index in [0.717, 1.165) is 43.5 Å². The molecule has 1 fully saturated rings. The zero-order chi connectivity index (χ0) is 14.5. The molecule has 2 aromatic heterocycles. The van der Waals surface area contributed by atoms with Crippen LogP contribution in [0.2, 0.25) is 0 Å². The van der Waals surface area contributed by atoms with E-state index in [2.05, 4.69) is 22.1 Å². The maximum atomic E-state index is 5.52. The first kappa shape index (κ1) is 14.2. The molecule has 21 heavy (non-hydrogen) atoms. The van der Waals surface area contributed by atoms with Gasteiger partial charge in [-0.1, -0.05) is 11.2 Å². The number of hydrogen-bond donors (Lipinski definition) is 0. The Balaban J connectivity index is 1.56. The van der Waals surface area contributed by atoms with Gasteiger partial charge in [0.2, 0.25) is 0 Å². The predicted molar refractivity (Wildman–Crippen MR) is 79.6 cm³/mol. The van der Waals surface area contributed by atoms with Crippen LogP contribution in [0.25, 0.3) is 11.4 Å². The molecule has 3 rings (SSSR count). The van der Waals surface area contributed by atoms with Gasteiger partial charge in [-0.25, -0.2) is 0 Å². The normalized spacial score (nSPS) is 19.0. The zero-order valence-corrected chi connectivity index (χ0v) is 12.4. The van der Waals surface area contributed by atoms with Crippen molar-refractivity contribution in [2.24, 2.45) is 5.92 Å². The minimum absolute atomic E-state index is 0.627. The quantitative estimate of drug-likeness (QED) is 0.846. The van der Waals surface area contributed by atoms with E-state index in [1.807, 2.05) is 24.3 Å². The third-order valence-corrected chi connectivity index (χ3v) is 3.74. The average Bonchev–Trinajstić information content (AvgIpc) is 2.97. The monoisotopic (exact) mass is 287 g/mol. The summed E-state index contributed by atoms with van der Waals surface area (Å²) in [6.07, 6.45) is 4.18. The Kier molecular flexibility index (Phi) is 4.62. The lowest BCUT2D eigenvalue weighted by molar-refractivity contribution is 0.0401. The minimum Gasteiger partial charge on any atom is -0.381 e. The molecule has 1 atom stereocenters. The van der Waals surface area contributed by atoms with Crippen LogP contribution in [0.4, 0.5) is 0 Å². The second kappa shape index (κ2) is 6.83. The fourth-order valence-corrected chi connectivity index (χ4v) is 2.75. The standard InChI is InChI=1S/C16H21N3O2/c1-19(10-13-5-4-8-20-12-13)11-14-9-16(18-21-14)15-6-2-3-7-17-15/h2-3,6-7,9,13H,4-5,8,10-12H2,1H3. The van der Waals surface area contributed by atoms with Crippen molar-refractivity contribution in [1.29, 1.82) is 0 Å². The van der Waals surface area contributed by atoms with Crippen molar-refractivity contribution in [1.82, 2.24) is 15.0 Å². The molecular formula is C16H21N3O2. The molecule has 0 bridgehead atoms. The molecular weight excluding hydrogens is 266 g/mol. The third-order valence-electron chi connectivity index (χ3n) is 3.74. The summed E-state index contributed by atoms with van der Waals surface area (Å²) in [5.74, 6) is 1.50. The van der Waals surface area contributed by atoms with Crippen LogP contribution in [0, 0.1) is 5.92 Å². The first-order chi connectivity index (χ1) is 10.3. The van der Waals surface area contributed by atoms with Gasteiger partial charge in [0.15, 0.2) is 5.76 Å². The fourth-order valence-electron chi connectivity index (χ4n) is 2.75. The minimum atomic E-state index is 0.627. The molecule has 5 heteroatoms. The summed E-state index contributed by atoms with van der Waals surface area (Å²) in [6.45, 7) is 3.58. The van der Waals surface area contributed by atoms with Crippen molar-refractivity contribution in [2.75, 3.05) is 26.8 Å². The summed E-state index contributed by atoms with van der Waals surface area (Å²) in [5.41, 5.74) is 1.64. The van der Waals surface area contributed by atoms with E-state index in [4.69, 9.17) is 9.26 Å². The molecule has 0 radical (unpaired) electrons. The van der Waals surface area contributed by atoms with Crippen LogP contribution >= 0.6 is 0 Å². The van der Waals surface area contributed by atoms with Crippen LogP contribution in [-0.2, 0) is 11.3 Å². The second-order valence-corrected chi connectivity index (χ2v) is 5.67. The largest absolute Gasteiger partial charge is 0.381 e. The molecule has 0 N–H and O–H groups in total. The topological polar surface area (TPSA) is 51.4 Å². The van der Waals surface area contributed by atoms with Gasteiger partial charge in [0.25, 0.3) is 0 Å². The molecule has 1 saturated heterocycles. The van der Waals surface area contributed by atoms with E-state index in [-0.39, 0.29) is 0 Å². The van der Waals surface area contributed by atoms with Crippen LogP contribution in [0.15, 0.2) is 35.0 Å². The molecule has 2 aromatic rings. The van der Waals surface area contributed by atoms with Crippen molar-refractivity contribution in [2.45, 2.75) is 19.4 Å². The number of pyridine rings is 1. The Morgan fingerprint density at radius 2 is 2.29 bits per heavy atom.